The van der Waals surface area contributed by atoms with Crippen molar-refractivity contribution in [2.24, 2.45) is 0 Å². The number of imidazole rings is 1. The average molecular weight is 424 g/mol. The number of rotatable bonds is 5. The number of anilines is 2. The molecule has 152 valence electrons. The number of Topliss-reactive ketones (excluding diaryl/α,β-unsaturated/α-hetero) is 1. The number of nitrogen functional groups attached to an aromatic ring is 1. The molecule has 0 aliphatic carbocycles. The van der Waals surface area contributed by atoms with Gasteiger partial charge in [0, 0.05) is 19.3 Å². The summed E-state index contributed by atoms with van der Waals surface area (Å²) >= 11 is 6.17. The van der Waals surface area contributed by atoms with Gasteiger partial charge in [-0.15, -0.1) is 0 Å². The first-order valence-electron chi connectivity index (χ1n) is 9.04. The van der Waals surface area contributed by atoms with Gasteiger partial charge in [-0.1, -0.05) is 29.8 Å². The number of carbonyl (C=O) groups excluding carboxylic acids is 1. The van der Waals surface area contributed by atoms with Crippen molar-refractivity contribution in [3.63, 3.8) is 0 Å². The standard InChI is InChI=1S/C20H18ClN7O2/c1-12(29)15-9-24-19(22)25-18(15)26(2)11-14-8-17-23-10-16(21)28(17)20(30)27(14)13-6-4-3-5-7-13/h3-10H,11H2,1-2H3,(H2,22,24,25). The van der Waals surface area contributed by atoms with Crippen LogP contribution in [0.25, 0.3) is 11.3 Å². The summed E-state index contributed by atoms with van der Waals surface area (Å²) in [6.45, 7) is 1.69. The number of hydrogen-bond donors (Lipinski definition) is 1. The van der Waals surface area contributed by atoms with Crippen LogP contribution >= 0.6 is 11.6 Å². The molecule has 0 spiro atoms. The first-order chi connectivity index (χ1) is 14.4. The van der Waals surface area contributed by atoms with Gasteiger partial charge in [0.1, 0.15) is 16.6 Å². The summed E-state index contributed by atoms with van der Waals surface area (Å²) in [5.41, 5.74) is 7.46. The van der Waals surface area contributed by atoms with Crippen molar-refractivity contribution in [1.82, 2.24) is 23.9 Å². The predicted molar refractivity (Wildman–Crippen MR) is 114 cm³/mol. The Morgan fingerprint density at radius 3 is 2.63 bits per heavy atom. The highest BCUT2D eigenvalue weighted by atomic mass is 35.5. The van der Waals surface area contributed by atoms with E-state index < -0.39 is 0 Å². The highest BCUT2D eigenvalue weighted by molar-refractivity contribution is 6.29. The second kappa shape index (κ2) is 7.60. The highest BCUT2D eigenvalue weighted by Gasteiger charge is 2.19. The summed E-state index contributed by atoms with van der Waals surface area (Å²) in [7, 11) is 1.76. The molecule has 30 heavy (non-hydrogen) atoms. The van der Waals surface area contributed by atoms with Crippen LogP contribution in [0, 0.1) is 0 Å². The quantitative estimate of drug-likeness (QED) is 0.490. The van der Waals surface area contributed by atoms with Crippen LogP contribution in [0.2, 0.25) is 5.15 Å². The van der Waals surface area contributed by atoms with Gasteiger partial charge in [-0.25, -0.2) is 19.2 Å². The van der Waals surface area contributed by atoms with Gasteiger partial charge >= 0.3 is 5.69 Å². The third-order valence-corrected chi connectivity index (χ3v) is 4.92. The average Bonchev–Trinajstić information content (AvgIpc) is 3.09. The summed E-state index contributed by atoms with van der Waals surface area (Å²) in [5, 5.41) is 0.224. The number of fused-ring (bicyclic) bond motifs is 1. The molecular formula is C20H18ClN7O2. The summed E-state index contributed by atoms with van der Waals surface area (Å²) < 4.78 is 2.89. The summed E-state index contributed by atoms with van der Waals surface area (Å²) in [6.07, 6.45) is 2.83. The van der Waals surface area contributed by atoms with Gasteiger partial charge in [0.2, 0.25) is 5.95 Å². The lowest BCUT2D eigenvalue weighted by molar-refractivity contribution is 0.101. The molecule has 0 bridgehead atoms. The van der Waals surface area contributed by atoms with Crippen LogP contribution < -0.4 is 16.3 Å². The van der Waals surface area contributed by atoms with Crippen molar-refractivity contribution >= 4 is 34.8 Å². The van der Waals surface area contributed by atoms with Crippen LogP contribution in [-0.2, 0) is 6.54 Å². The number of aromatic nitrogens is 5. The molecule has 0 radical (unpaired) electrons. The maximum atomic E-state index is 13.3. The van der Waals surface area contributed by atoms with Gasteiger partial charge in [0.05, 0.1) is 29.7 Å². The van der Waals surface area contributed by atoms with Crippen molar-refractivity contribution in [1.29, 1.82) is 0 Å². The largest absolute Gasteiger partial charge is 0.368 e. The van der Waals surface area contributed by atoms with Crippen molar-refractivity contribution in [2.75, 3.05) is 17.7 Å². The predicted octanol–water partition coefficient (Wildman–Crippen LogP) is 2.35. The minimum absolute atomic E-state index is 0.0535. The molecule has 4 rings (SSSR count). The number of nitrogens with zero attached hydrogens (tertiary/aromatic N) is 6. The van der Waals surface area contributed by atoms with E-state index in [0.717, 1.165) is 0 Å². The Morgan fingerprint density at radius 2 is 1.93 bits per heavy atom. The second-order valence-electron chi connectivity index (χ2n) is 6.74. The topological polar surface area (TPSA) is 111 Å². The SMILES string of the molecule is CC(=O)c1cnc(N)nc1N(C)Cc1cc2ncc(Cl)n2c(=O)n1-c1ccccc1. The number of nitrogens with two attached hydrogens (primary N) is 1. The molecule has 3 heterocycles. The molecule has 0 saturated carbocycles. The molecule has 4 aromatic rings. The lowest BCUT2D eigenvalue weighted by Crippen LogP contribution is -2.31. The molecule has 0 unspecified atom stereocenters. The summed E-state index contributed by atoms with van der Waals surface area (Å²) in [4.78, 5) is 39.4. The van der Waals surface area contributed by atoms with E-state index in [1.165, 1.54) is 23.7 Å². The third-order valence-electron chi connectivity index (χ3n) is 4.65. The van der Waals surface area contributed by atoms with Crippen LogP contribution in [0.5, 0.6) is 0 Å². The van der Waals surface area contributed by atoms with Gasteiger partial charge in [-0.05, 0) is 19.1 Å². The molecule has 0 aliphatic heterocycles. The molecule has 0 aliphatic rings. The number of para-hydroxylation sites is 1. The van der Waals surface area contributed by atoms with E-state index in [0.29, 0.717) is 28.4 Å². The maximum absolute atomic E-state index is 13.3. The molecule has 0 atom stereocenters. The molecule has 10 heteroatoms. The fraction of sp³-hybridized carbons (Fsp3) is 0.150. The van der Waals surface area contributed by atoms with Crippen molar-refractivity contribution in [3.05, 3.63) is 75.7 Å². The van der Waals surface area contributed by atoms with Crippen molar-refractivity contribution in [3.8, 4) is 5.69 Å². The molecule has 0 saturated heterocycles. The smallest absolute Gasteiger partial charge is 0.339 e. The van der Waals surface area contributed by atoms with Gasteiger partial charge in [-0.2, -0.15) is 4.98 Å². The van der Waals surface area contributed by atoms with E-state index in [9.17, 15) is 9.59 Å². The minimum atomic E-state index is -0.349. The number of ketones is 1. The third kappa shape index (κ3) is 3.39. The van der Waals surface area contributed by atoms with Crippen LogP contribution in [0.4, 0.5) is 11.8 Å². The zero-order valence-electron chi connectivity index (χ0n) is 16.3. The lowest BCUT2D eigenvalue weighted by Gasteiger charge is -2.23. The van der Waals surface area contributed by atoms with Gasteiger partial charge in [-0.3, -0.25) is 9.36 Å². The van der Waals surface area contributed by atoms with Crippen LogP contribution in [-0.4, -0.2) is 36.8 Å². The fourth-order valence-corrected chi connectivity index (χ4v) is 3.49. The molecule has 1 aromatic carbocycles. The minimum Gasteiger partial charge on any atom is -0.368 e. The summed E-state index contributed by atoms with van der Waals surface area (Å²) in [6, 6.07) is 11.0. The van der Waals surface area contributed by atoms with Crippen molar-refractivity contribution in [2.45, 2.75) is 13.5 Å². The Morgan fingerprint density at radius 1 is 1.20 bits per heavy atom. The number of hydrogen-bond acceptors (Lipinski definition) is 7. The lowest BCUT2D eigenvalue weighted by atomic mass is 10.2. The van der Waals surface area contributed by atoms with E-state index >= 15 is 0 Å². The molecule has 2 N–H and O–H groups in total. The fourth-order valence-electron chi connectivity index (χ4n) is 3.28. The number of carbonyl (C=O) groups is 1. The monoisotopic (exact) mass is 423 g/mol. The molecular weight excluding hydrogens is 406 g/mol. The van der Waals surface area contributed by atoms with Crippen molar-refractivity contribution < 1.29 is 4.79 Å². The van der Waals surface area contributed by atoms with Crippen LogP contribution in [0.3, 0.4) is 0 Å². The van der Waals surface area contributed by atoms with E-state index in [1.807, 2.05) is 30.3 Å². The molecule has 9 nitrogen and oxygen atoms in total. The zero-order valence-corrected chi connectivity index (χ0v) is 17.0. The normalized spacial score (nSPS) is 11.0. The van der Waals surface area contributed by atoms with E-state index in [1.54, 1.807) is 22.6 Å². The zero-order chi connectivity index (χ0) is 21.4. The Hall–Kier alpha value is -3.72. The van der Waals surface area contributed by atoms with Gasteiger partial charge in [0.25, 0.3) is 0 Å². The number of benzene rings is 1. The Balaban J connectivity index is 1.88. The molecule has 0 amide bonds. The molecule has 3 aromatic heterocycles. The van der Waals surface area contributed by atoms with Crippen LogP contribution in [0.1, 0.15) is 23.0 Å². The van der Waals surface area contributed by atoms with Gasteiger partial charge < -0.3 is 10.6 Å². The summed E-state index contributed by atoms with van der Waals surface area (Å²) in [5.74, 6) is 0.244. The maximum Gasteiger partial charge on any atom is 0.339 e. The Kier molecular flexibility index (Phi) is 4.96. The first-order valence-corrected chi connectivity index (χ1v) is 9.42. The van der Waals surface area contributed by atoms with E-state index in [-0.39, 0.29) is 29.1 Å². The first kappa shape index (κ1) is 19.6. The van der Waals surface area contributed by atoms with E-state index in [2.05, 4.69) is 15.0 Å². The van der Waals surface area contributed by atoms with Gasteiger partial charge in [0.15, 0.2) is 5.78 Å². The highest BCUT2D eigenvalue weighted by Crippen LogP contribution is 2.21. The van der Waals surface area contributed by atoms with E-state index in [4.69, 9.17) is 17.3 Å². The Labute approximate surface area is 176 Å². The number of halogens is 1. The van der Waals surface area contributed by atoms with Crippen LogP contribution in [0.15, 0.2) is 53.6 Å². The second-order valence-corrected chi connectivity index (χ2v) is 7.13. The molecule has 0 fully saturated rings. The Bertz CT molecular complexity index is 1310.